The van der Waals surface area contributed by atoms with Crippen LogP contribution >= 0.6 is 34.5 Å². The summed E-state index contributed by atoms with van der Waals surface area (Å²) in [4.78, 5) is 0.962. The maximum atomic E-state index is 6.19. The molecule has 6 heteroatoms. The molecule has 0 saturated carbocycles. The van der Waals surface area contributed by atoms with Gasteiger partial charge in [-0.15, -0.1) is 11.3 Å². The molecule has 0 fully saturated rings. The van der Waals surface area contributed by atoms with Crippen molar-refractivity contribution in [3.63, 3.8) is 0 Å². The Labute approximate surface area is 119 Å². The lowest BCUT2D eigenvalue weighted by atomic mass is 10.1. The minimum absolute atomic E-state index is 0.244. The number of rotatable bonds is 4. The smallest absolute Gasteiger partial charge is 0.134 e. The summed E-state index contributed by atoms with van der Waals surface area (Å²) in [5.41, 5.74) is 3.58. The summed E-state index contributed by atoms with van der Waals surface area (Å²) < 4.78 is 5.30. The van der Waals surface area contributed by atoms with E-state index < -0.39 is 0 Å². The standard InChI is InChI=1S/C12H12Cl2N2OS/c1-17-10-4-5-18-12(10)11(16-15)8-6-7(13)2-3-9(8)14/h2-6,11,16H,15H2,1H3. The van der Waals surface area contributed by atoms with E-state index in [2.05, 4.69) is 5.43 Å². The highest BCUT2D eigenvalue weighted by atomic mass is 35.5. The maximum absolute atomic E-state index is 6.19. The number of hydrogen-bond acceptors (Lipinski definition) is 4. The van der Waals surface area contributed by atoms with Gasteiger partial charge in [0.05, 0.1) is 18.0 Å². The number of methoxy groups -OCH3 is 1. The van der Waals surface area contributed by atoms with Crippen molar-refractivity contribution in [2.45, 2.75) is 6.04 Å². The number of ether oxygens (including phenoxy) is 1. The molecule has 0 bridgehead atoms. The lowest BCUT2D eigenvalue weighted by Gasteiger charge is -2.18. The summed E-state index contributed by atoms with van der Waals surface area (Å²) in [5, 5.41) is 3.17. The number of hydrogen-bond donors (Lipinski definition) is 2. The van der Waals surface area contributed by atoms with Crippen LogP contribution in [-0.2, 0) is 0 Å². The Hall–Kier alpha value is -0.780. The van der Waals surface area contributed by atoms with Gasteiger partial charge < -0.3 is 4.74 Å². The molecule has 3 nitrogen and oxygen atoms in total. The van der Waals surface area contributed by atoms with Crippen molar-refractivity contribution in [1.82, 2.24) is 5.43 Å². The van der Waals surface area contributed by atoms with E-state index in [4.69, 9.17) is 33.8 Å². The Morgan fingerprint density at radius 1 is 1.33 bits per heavy atom. The van der Waals surface area contributed by atoms with Crippen LogP contribution in [0.25, 0.3) is 0 Å². The zero-order valence-corrected chi connectivity index (χ0v) is 11.9. The van der Waals surface area contributed by atoms with Crippen LogP contribution in [0.1, 0.15) is 16.5 Å². The number of halogens is 2. The third-order valence-corrected chi connectivity index (χ3v) is 4.12. The van der Waals surface area contributed by atoms with Crippen LogP contribution in [-0.4, -0.2) is 7.11 Å². The van der Waals surface area contributed by atoms with Gasteiger partial charge in [-0.05, 0) is 35.2 Å². The molecule has 2 rings (SSSR count). The van der Waals surface area contributed by atoms with Crippen LogP contribution < -0.4 is 16.0 Å². The number of nitrogens with two attached hydrogens (primary N) is 1. The fourth-order valence-electron chi connectivity index (χ4n) is 1.73. The number of thiophene rings is 1. The number of hydrazine groups is 1. The highest BCUT2D eigenvalue weighted by molar-refractivity contribution is 7.10. The molecule has 0 radical (unpaired) electrons. The molecule has 18 heavy (non-hydrogen) atoms. The van der Waals surface area contributed by atoms with Crippen molar-refractivity contribution in [2.24, 2.45) is 5.84 Å². The van der Waals surface area contributed by atoms with E-state index in [1.807, 2.05) is 11.4 Å². The SMILES string of the molecule is COc1ccsc1C(NN)c1cc(Cl)ccc1Cl. The molecular formula is C12H12Cl2N2OS. The monoisotopic (exact) mass is 302 g/mol. The average molecular weight is 303 g/mol. The predicted molar refractivity (Wildman–Crippen MR) is 76.5 cm³/mol. The lowest BCUT2D eigenvalue weighted by Crippen LogP contribution is -2.28. The van der Waals surface area contributed by atoms with Gasteiger partial charge in [0.25, 0.3) is 0 Å². The van der Waals surface area contributed by atoms with E-state index in [1.54, 1.807) is 36.6 Å². The summed E-state index contributed by atoms with van der Waals surface area (Å²) in [7, 11) is 1.62. The van der Waals surface area contributed by atoms with Crippen LogP contribution in [0.4, 0.5) is 0 Å². The summed E-state index contributed by atoms with van der Waals surface area (Å²) in [6.07, 6.45) is 0. The molecule has 0 saturated heterocycles. The van der Waals surface area contributed by atoms with Crippen molar-refractivity contribution in [1.29, 1.82) is 0 Å². The average Bonchev–Trinajstić information content (AvgIpc) is 2.83. The molecule has 96 valence electrons. The largest absolute Gasteiger partial charge is 0.496 e. The molecule has 0 aliphatic rings. The molecule has 2 aromatic rings. The molecule has 1 aromatic heterocycles. The Kier molecular flexibility index (Phi) is 4.48. The molecule has 0 amide bonds. The zero-order valence-electron chi connectivity index (χ0n) is 9.61. The van der Waals surface area contributed by atoms with Gasteiger partial charge in [0.1, 0.15) is 5.75 Å². The Bertz CT molecular complexity index is 545. The molecule has 0 aliphatic heterocycles. The third kappa shape index (κ3) is 2.63. The molecular weight excluding hydrogens is 291 g/mol. The van der Waals surface area contributed by atoms with Gasteiger partial charge in [-0.2, -0.15) is 0 Å². The lowest BCUT2D eigenvalue weighted by molar-refractivity contribution is 0.408. The van der Waals surface area contributed by atoms with Crippen molar-refractivity contribution in [3.05, 3.63) is 50.1 Å². The Morgan fingerprint density at radius 3 is 2.78 bits per heavy atom. The summed E-state index contributed by atoms with van der Waals surface area (Å²) in [5.74, 6) is 6.41. The van der Waals surface area contributed by atoms with E-state index in [1.165, 1.54) is 0 Å². The predicted octanol–water partition coefficient (Wildman–Crippen LogP) is 3.62. The molecule has 0 aliphatic carbocycles. The first-order valence-corrected chi connectivity index (χ1v) is 6.83. The van der Waals surface area contributed by atoms with E-state index >= 15 is 0 Å². The normalized spacial score (nSPS) is 12.4. The van der Waals surface area contributed by atoms with Crippen molar-refractivity contribution < 1.29 is 4.74 Å². The summed E-state index contributed by atoms with van der Waals surface area (Å²) in [6, 6.07) is 6.94. The third-order valence-electron chi connectivity index (χ3n) is 2.58. The number of nitrogens with one attached hydrogen (secondary N) is 1. The molecule has 1 aromatic carbocycles. The second-order valence-electron chi connectivity index (χ2n) is 3.62. The molecule has 1 unspecified atom stereocenters. The first-order chi connectivity index (χ1) is 8.67. The van der Waals surface area contributed by atoms with Gasteiger partial charge in [-0.25, -0.2) is 5.43 Å². The van der Waals surface area contributed by atoms with E-state index in [9.17, 15) is 0 Å². The minimum atomic E-state index is -0.244. The quantitative estimate of drug-likeness (QED) is 0.670. The molecule has 0 spiro atoms. The summed E-state index contributed by atoms with van der Waals surface area (Å²) >= 11 is 13.7. The van der Waals surface area contributed by atoms with E-state index in [0.717, 1.165) is 16.2 Å². The second kappa shape index (κ2) is 5.91. The van der Waals surface area contributed by atoms with Gasteiger partial charge in [-0.1, -0.05) is 23.2 Å². The van der Waals surface area contributed by atoms with Crippen molar-refractivity contribution >= 4 is 34.5 Å². The van der Waals surface area contributed by atoms with E-state index in [0.29, 0.717) is 10.0 Å². The molecule has 1 atom stereocenters. The van der Waals surface area contributed by atoms with Crippen LogP contribution in [0.2, 0.25) is 10.0 Å². The highest BCUT2D eigenvalue weighted by Gasteiger charge is 2.21. The fraction of sp³-hybridized carbons (Fsp3) is 0.167. The van der Waals surface area contributed by atoms with Gasteiger partial charge >= 0.3 is 0 Å². The number of benzene rings is 1. The van der Waals surface area contributed by atoms with Gasteiger partial charge in [0, 0.05) is 10.0 Å². The van der Waals surface area contributed by atoms with Gasteiger partial charge in [-0.3, -0.25) is 5.84 Å². The van der Waals surface area contributed by atoms with Gasteiger partial charge in [0.2, 0.25) is 0 Å². The topological polar surface area (TPSA) is 47.3 Å². The van der Waals surface area contributed by atoms with Gasteiger partial charge in [0.15, 0.2) is 0 Å². The summed E-state index contributed by atoms with van der Waals surface area (Å²) in [6.45, 7) is 0. The Morgan fingerprint density at radius 2 is 2.11 bits per heavy atom. The first-order valence-electron chi connectivity index (χ1n) is 5.19. The zero-order chi connectivity index (χ0) is 13.1. The minimum Gasteiger partial charge on any atom is -0.496 e. The fourth-order valence-corrected chi connectivity index (χ4v) is 3.07. The van der Waals surface area contributed by atoms with Crippen molar-refractivity contribution in [2.75, 3.05) is 7.11 Å². The van der Waals surface area contributed by atoms with E-state index in [-0.39, 0.29) is 6.04 Å². The highest BCUT2D eigenvalue weighted by Crippen LogP contribution is 2.37. The van der Waals surface area contributed by atoms with Crippen LogP contribution in [0.15, 0.2) is 29.6 Å². The van der Waals surface area contributed by atoms with Crippen LogP contribution in [0.5, 0.6) is 5.75 Å². The Balaban J connectivity index is 2.48. The first kappa shape index (κ1) is 13.6. The van der Waals surface area contributed by atoms with Crippen LogP contribution in [0.3, 0.4) is 0 Å². The molecule has 3 N–H and O–H groups in total. The maximum Gasteiger partial charge on any atom is 0.134 e. The molecule has 1 heterocycles. The van der Waals surface area contributed by atoms with Crippen LogP contribution in [0, 0.1) is 0 Å². The second-order valence-corrected chi connectivity index (χ2v) is 5.41. The van der Waals surface area contributed by atoms with Crippen molar-refractivity contribution in [3.8, 4) is 5.75 Å².